The summed E-state index contributed by atoms with van der Waals surface area (Å²) in [6, 6.07) is 9.74. The molecule has 0 radical (unpaired) electrons. The van der Waals surface area contributed by atoms with E-state index in [0.717, 1.165) is 35.5 Å². The van der Waals surface area contributed by atoms with E-state index >= 15 is 0 Å². The van der Waals surface area contributed by atoms with Crippen LogP contribution in [0, 0.1) is 0 Å². The van der Waals surface area contributed by atoms with Gasteiger partial charge in [0.1, 0.15) is 11.3 Å². The number of ether oxygens (including phenoxy) is 1. The number of hydrogen-bond donors (Lipinski definition) is 1. The van der Waals surface area contributed by atoms with E-state index in [1.807, 2.05) is 34.9 Å². The molecular formula is C15H16N4O. The molecule has 0 fully saturated rings. The minimum absolute atomic E-state index is 0.454. The van der Waals surface area contributed by atoms with Crippen molar-refractivity contribution in [1.82, 2.24) is 14.5 Å². The zero-order valence-corrected chi connectivity index (χ0v) is 11.3. The maximum atomic E-state index is 6.00. The molecule has 0 spiro atoms. The van der Waals surface area contributed by atoms with Gasteiger partial charge in [-0.3, -0.25) is 9.55 Å². The summed E-state index contributed by atoms with van der Waals surface area (Å²) in [6.45, 7) is 2.81. The van der Waals surface area contributed by atoms with Crippen LogP contribution < -0.4 is 10.5 Å². The first kappa shape index (κ1) is 12.5. The van der Waals surface area contributed by atoms with Crippen molar-refractivity contribution in [2.24, 2.45) is 0 Å². The second-order valence-electron chi connectivity index (χ2n) is 4.51. The highest BCUT2D eigenvalue weighted by Crippen LogP contribution is 2.23. The van der Waals surface area contributed by atoms with Crippen LogP contribution in [0.5, 0.6) is 5.75 Å². The Labute approximate surface area is 117 Å². The first-order chi connectivity index (χ1) is 9.79. The van der Waals surface area contributed by atoms with Crippen molar-refractivity contribution in [3.8, 4) is 11.4 Å². The van der Waals surface area contributed by atoms with Crippen molar-refractivity contribution in [2.75, 3.05) is 12.3 Å². The van der Waals surface area contributed by atoms with Gasteiger partial charge in [-0.05, 0) is 36.8 Å². The smallest absolute Gasteiger partial charge is 0.205 e. The molecule has 0 saturated heterocycles. The lowest BCUT2D eigenvalue weighted by molar-refractivity contribution is 0.317. The molecule has 5 heteroatoms. The normalized spacial score (nSPS) is 10.8. The predicted octanol–water partition coefficient (Wildman–Crippen LogP) is 2.79. The Bertz CT molecular complexity index is 718. The third kappa shape index (κ3) is 2.18. The van der Waals surface area contributed by atoms with E-state index in [9.17, 15) is 0 Å². The molecule has 20 heavy (non-hydrogen) atoms. The van der Waals surface area contributed by atoms with Crippen LogP contribution in [0.25, 0.3) is 16.7 Å². The molecular weight excluding hydrogens is 252 g/mol. The van der Waals surface area contributed by atoms with Gasteiger partial charge in [-0.1, -0.05) is 6.92 Å². The fraction of sp³-hybridized carbons (Fsp3) is 0.200. The SMILES string of the molecule is CCCOc1ccc(-n2c(N)nc3cnccc32)cc1. The van der Waals surface area contributed by atoms with Gasteiger partial charge in [0, 0.05) is 11.9 Å². The van der Waals surface area contributed by atoms with Gasteiger partial charge in [0.25, 0.3) is 0 Å². The van der Waals surface area contributed by atoms with E-state index in [1.54, 1.807) is 12.4 Å². The maximum absolute atomic E-state index is 6.00. The van der Waals surface area contributed by atoms with E-state index in [2.05, 4.69) is 16.9 Å². The molecule has 0 aliphatic carbocycles. The first-order valence-electron chi connectivity index (χ1n) is 6.61. The first-order valence-corrected chi connectivity index (χ1v) is 6.61. The van der Waals surface area contributed by atoms with Gasteiger partial charge >= 0.3 is 0 Å². The van der Waals surface area contributed by atoms with Crippen LogP contribution in [0.4, 0.5) is 5.95 Å². The number of nitrogens with two attached hydrogens (primary N) is 1. The molecule has 3 rings (SSSR count). The molecule has 0 aliphatic rings. The lowest BCUT2D eigenvalue weighted by atomic mass is 10.3. The molecule has 0 amide bonds. The van der Waals surface area contributed by atoms with Crippen LogP contribution in [0.15, 0.2) is 42.7 Å². The summed E-state index contributed by atoms with van der Waals surface area (Å²) in [7, 11) is 0. The monoisotopic (exact) mass is 268 g/mol. The minimum Gasteiger partial charge on any atom is -0.494 e. The number of pyridine rings is 1. The predicted molar refractivity (Wildman–Crippen MR) is 79.1 cm³/mol. The Kier molecular flexibility index (Phi) is 3.25. The highest BCUT2D eigenvalue weighted by atomic mass is 16.5. The maximum Gasteiger partial charge on any atom is 0.205 e. The highest BCUT2D eigenvalue weighted by Gasteiger charge is 2.09. The van der Waals surface area contributed by atoms with Crippen molar-refractivity contribution in [2.45, 2.75) is 13.3 Å². The summed E-state index contributed by atoms with van der Waals surface area (Å²) in [5.74, 6) is 1.32. The molecule has 0 unspecified atom stereocenters. The number of aromatic nitrogens is 3. The van der Waals surface area contributed by atoms with E-state index in [1.165, 1.54) is 0 Å². The summed E-state index contributed by atoms with van der Waals surface area (Å²) in [6.07, 6.45) is 4.44. The third-order valence-corrected chi connectivity index (χ3v) is 3.05. The largest absolute Gasteiger partial charge is 0.494 e. The van der Waals surface area contributed by atoms with Gasteiger partial charge in [-0.2, -0.15) is 0 Å². The number of nitrogens with zero attached hydrogens (tertiary/aromatic N) is 3. The van der Waals surface area contributed by atoms with E-state index in [0.29, 0.717) is 5.95 Å². The van der Waals surface area contributed by atoms with E-state index in [4.69, 9.17) is 10.5 Å². The average Bonchev–Trinajstić information content (AvgIpc) is 2.81. The Morgan fingerprint density at radius 2 is 2.00 bits per heavy atom. The molecule has 0 atom stereocenters. The third-order valence-electron chi connectivity index (χ3n) is 3.05. The fourth-order valence-corrected chi connectivity index (χ4v) is 2.13. The molecule has 0 bridgehead atoms. The Morgan fingerprint density at radius 3 is 2.75 bits per heavy atom. The second kappa shape index (κ2) is 5.21. The zero-order valence-electron chi connectivity index (χ0n) is 11.3. The van der Waals surface area contributed by atoms with Crippen molar-refractivity contribution in [3.63, 3.8) is 0 Å². The van der Waals surface area contributed by atoms with Crippen LogP contribution in [-0.2, 0) is 0 Å². The lowest BCUT2D eigenvalue weighted by Crippen LogP contribution is -2.01. The van der Waals surface area contributed by atoms with Crippen LogP contribution in [-0.4, -0.2) is 21.1 Å². The summed E-state index contributed by atoms with van der Waals surface area (Å²) in [5.41, 5.74) is 8.69. The van der Waals surface area contributed by atoms with Crippen molar-refractivity contribution in [3.05, 3.63) is 42.7 Å². The van der Waals surface area contributed by atoms with Gasteiger partial charge in [0.2, 0.25) is 5.95 Å². The highest BCUT2D eigenvalue weighted by molar-refractivity contribution is 5.79. The van der Waals surface area contributed by atoms with E-state index in [-0.39, 0.29) is 0 Å². The molecule has 1 aromatic carbocycles. The topological polar surface area (TPSA) is 66.0 Å². The van der Waals surface area contributed by atoms with Crippen molar-refractivity contribution < 1.29 is 4.74 Å². The second-order valence-corrected chi connectivity index (χ2v) is 4.51. The number of benzene rings is 1. The zero-order chi connectivity index (χ0) is 13.9. The van der Waals surface area contributed by atoms with Gasteiger partial charge < -0.3 is 10.5 Å². The Hall–Kier alpha value is -2.56. The van der Waals surface area contributed by atoms with Crippen LogP contribution in [0.2, 0.25) is 0 Å². The van der Waals surface area contributed by atoms with E-state index < -0.39 is 0 Å². The van der Waals surface area contributed by atoms with Crippen LogP contribution >= 0.6 is 0 Å². The number of imidazole rings is 1. The molecule has 3 aromatic rings. The Morgan fingerprint density at radius 1 is 1.20 bits per heavy atom. The summed E-state index contributed by atoms with van der Waals surface area (Å²) in [4.78, 5) is 8.37. The number of rotatable bonds is 4. The number of fused-ring (bicyclic) bond motifs is 1. The number of nitrogen functional groups attached to an aromatic ring is 1. The van der Waals surface area contributed by atoms with Gasteiger partial charge in [0.05, 0.1) is 18.3 Å². The van der Waals surface area contributed by atoms with Gasteiger partial charge in [-0.15, -0.1) is 0 Å². The molecule has 102 valence electrons. The molecule has 5 nitrogen and oxygen atoms in total. The lowest BCUT2D eigenvalue weighted by Gasteiger charge is -2.08. The fourth-order valence-electron chi connectivity index (χ4n) is 2.13. The number of anilines is 1. The van der Waals surface area contributed by atoms with Gasteiger partial charge in [-0.25, -0.2) is 4.98 Å². The molecule has 2 heterocycles. The standard InChI is InChI=1S/C15H16N4O/c1-2-9-20-12-5-3-11(4-6-12)19-14-7-8-17-10-13(14)18-15(19)16/h3-8,10H,2,9H2,1H3,(H2,16,18). The van der Waals surface area contributed by atoms with Gasteiger partial charge in [0.15, 0.2) is 0 Å². The molecule has 0 aliphatic heterocycles. The Balaban J connectivity index is 2.00. The van der Waals surface area contributed by atoms with Crippen molar-refractivity contribution in [1.29, 1.82) is 0 Å². The van der Waals surface area contributed by atoms with Crippen LogP contribution in [0.3, 0.4) is 0 Å². The molecule has 0 saturated carbocycles. The minimum atomic E-state index is 0.454. The number of hydrogen-bond acceptors (Lipinski definition) is 4. The quantitative estimate of drug-likeness (QED) is 0.790. The summed E-state index contributed by atoms with van der Waals surface area (Å²) in [5, 5.41) is 0. The molecule has 2 aromatic heterocycles. The molecule has 2 N–H and O–H groups in total. The summed E-state index contributed by atoms with van der Waals surface area (Å²) < 4.78 is 7.48. The summed E-state index contributed by atoms with van der Waals surface area (Å²) >= 11 is 0. The van der Waals surface area contributed by atoms with Crippen molar-refractivity contribution >= 4 is 17.0 Å². The average molecular weight is 268 g/mol. The van der Waals surface area contributed by atoms with Crippen LogP contribution in [0.1, 0.15) is 13.3 Å².